The lowest BCUT2D eigenvalue weighted by atomic mass is 9.88. The summed E-state index contributed by atoms with van der Waals surface area (Å²) >= 11 is 1.72. The number of aliphatic hydroxyl groups excluding tert-OH is 1. The van der Waals surface area contributed by atoms with Crippen LogP contribution < -0.4 is 5.32 Å². The molecule has 0 heterocycles. The largest absolute Gasteiger partial charge is 0.395 e. The van der Waals surface area contributed by atoms with Crippen LogP contribution in [0.4, 0.5) is 0 Å². The van der Waals surface area contributed by atoms with Gasteiger partial charge in [-0.05, 0) is 26.0 Å². The maximum atomic E-state index is 9.11. The van der Waals surface area contributed by atoms with Crippen molar-refractivity contribution in [3.05, 3.63) is 0 Å². The third kappa shape index (κ3) is 3.12. The van der Waals surface area contributed by atoms with E-state index in [2.05, 4.69) is 12.2 Å². The molecule has 2 atom stereocenters. The van der Waals surface area contributed by atoms with Crippen LogP contribution >= 0.6 is 11.8 Å². The Labute approximate surface area is 90.6 Å². The first-order chi connectivity index (χ1) is 6.71. The smallest absolute Gasteiger partial charge is 0.0601 e. The second-order valence-electron chi connectivity index (χ2n) is 3.94. The Hall–Kier alpha value is 0.230. The average Bonchev–Trinajstić information content (AvgIpc) is 2.12. The summed E-state index contributed by atoms with van der Waals surface area (Å²) in [6, 6.07) is 0.953. The lowest BCUT2D eigenvalue weighted by Gasteiger charge is -2.38. The molecule has 2 unspecified atom stereocenters. The molecule has 3 nitrogen and oxygen atoms in total. The normalized spacial score (nSPS) is 30.9. The Balaban J connectivity index is 2.18. The van der Waals surface area contributed by atoms with Crippen LogP contribution in [0.2, 0.25) is 0 Å². The summed E-state index contributed by atoms with van der Waals surface area (Å²) in [4.78, 5) is 0. The molecule has 4 heteroatoms. The van der Waals surface area contributed by atoms with E-state index in [9.17, 15) is 0 Å². The van der Waals surface area contributed by atoms with Crippen LogP contribution in [0.5, 0.6) is 0 Å². The molecule has 1 fully saturated rings. The van der Waals surface area contributed by atoms with Gasteiger partial charge in [0.1, 0.15) is 0 Å². The van der Waals surface area contributed by atoms with Crippen molar-refractivity contribution in [2.24, 2.45) is 0 Å². The predicted octanol–water partition coefficient (Wildman–Crippen LogP) is 0.866. The van der Waals surface area contributed by atoms with Gasteiger partial charge in [-0.2, -0.15) is 11.8 Å². The SMILES string of the molecule is COC1CC(NC(C)C(CO)SC)C1. The zero-order valence-corrected chi connectivity index (χ0v) is 10.0. The van der Waals surface area contributed by atoms with Crippen LogP contribution in [0.15, 0.2) is 0 Å². The molecule has 0 aliphatic heterocycles. The van der Waals surface area contributed by atoms with E-state index in [1.165, 1.54) is 0 Å². The molecule has 1 aliphatic rings. The molecule has 2 N–H and O–H groups in total. The van der Waals surface area contributed by atoms with Gasteiger partial charge in [-0.15, -0.1) is 0 Å². The van der Waals surface area contributed by atoms with Crippen LogP contribution in [0.1, 0.15) is 19.8 Å². The number of hydrogen-bond donors (Lipinski definition) is 2. The molecule has 1 saturated carbocycles. The lowest BCUT2D eigenvalue weighted by Crippen LogP contribution is -2.51. The van der Waals surface area contributed by atoms with Gasteiger partial charge in [-0.3, -0.25) is 0 Å². The summed E-state index contributed by atoms with van der Waals surface area (Å²) in [6.07, 6.45) is 4.69. The van der Waals surface area contributed by atoms with Crippen molar-refractivity contribution in [2.45, 2.75) is 43.2 Å². The Bertz CT molecular complexity index is 158. The van der Waals surface area contributed by atoms with Crippen LogP contribution in [0.25, 0.3) is 0 Å². The highest BCUT2D eigenvalue weighted by Crippen LogP contribution is 2.24. The summed E-state index contributed by atoms with van der Waals surface area (Å²) in [6.45, 7) is 2.38. The van der Waals surface area contributed by atoms with Crippen molar-refractivity contribution < 1.29 is 9.84 Å². The van der Waals surface area contributed by atoms with Gasteiger partial charge in [0.05, 0.1) is 12.7 Å². The maximum absolute atomic E-state index is 9.11. The summed E-state index contributed by atoms with van der Waals surface area (Å²) < 4.78 is 5.22. The first-order valence-electron chi connectivity index (χ1n) is 5.13. The minimum Gasteiger partial charge on any atom is -0.395 e. The zero-order valence-electron chi connectivity index (χ0n) is 9.19. The zero-order chi connectivity index (χ0) is 10.6. The van der Waals surface area contributed by atoms with Crippen molar-refractivity contribution in [2.75, 3.05) is 20.0 Å². The Morgan fingerprint density at radius 1 is 1.57 bits per heavy atom. The molecular weight excluding hydrogens is 198 g/mol. The Kier molecular flexibility index (Phi) is 5.23. The third-order valence-electron chi connectivity index (χ3n) is 2.97. The molecular formula is C10H21NO2S. The van der Waals surface area contributed by atoms with E-state index in [1.807, 2.05) is 6.26 Å². The summed E-state index contributed by atoms with van der Waals surface area (Å²) in [5, 5.41) is 12.9. The quantitative estimate of drug-likeness (QED) is 0.695. The molecule has 0 spiro atoms. The van der Waals surface area contributed by atoms with Crippen LogP contribution in [-0.2, 0) is 4.74 Å². The molecule has 1 rings (SSSR count). The summed E-state index contributed by atoms with van der Waals surface area (Å²) in [5.41, 5.74) is 0. The third-order valence-corrected chi connectivity index (χ3v) is 4.13. The fraction of sp³-hybridized carbons (Fsp3) is 1.00. The van der Waals surface area contributed by atoms with E-state index in [0.717, 1.165) is 12.8 Å². The molecule has 0 amide bonds. The van der Waals surface area contributed by atoms with Crippen molar-refractivity contribution in [3.8, 4) is 0 Å². The maximum Gasteiger partial charge on any atom is 0.0601 e. The molecule has 14 heavy (non-hydrogen) atoms. The van der Waals surface area contributed by atoms with E-state index in [0.29, 0.717) is 23.4 Å². The minimum atomic E-state index is 0.246. The number of aliphatic hydroxyl groups is 1. The highest BCUT2D eigenvalue weighted by atomic mass is 32.2. The number of rotatable bonds is 6. The van der Waals surface area contributed by atoms with Crippen LogP contribution in [0, 0.1) is 0 Å². The molecule has 0 aromatic rings. The van der Waals surface area contributed by atoms with Gasteiger partial charge >= 0.3 is 0 Å². The van der Waals surface area contributed by atoms with Gasteiger partial charge in [0.2, 0.25) is 0 Å². The number of nitrogens with one attached hydrogen (secondary N) is 1. The first-order valence-corrected chi connectivity index (χ1v) is 6.42. The molecule has 0 radical (unpaired) electrons. The molecule has 0 aromatic heterocycles. The van der Waals surface area contributed by atoms with Gasteiger partial charge in [0.25, 0.3) is 0 Å². The van der Waals surface area contributed by atoms with Crippen molar-refractivity contribution in [1.29, 1.82) is 0 Å². The average molecular weight is 219 g/mol. The Morgan fingerprint density at radius 2 is 2.21 bits per heavy atom. The second-order valence-corrected chi connectivity index (χ2v) is 5.02. The van der Waals surface area contributed by atoms with E-state index in [4.69, 9.17) is 9.84 Å². The number of methoxy groups -OCH3 is 1. The number of thioether (sulfide) groups is 1. The van der Waals surface area contributed by atoms with Crippen molar-refractivity contribution in [1.82, 2.24) is 5.32 Å². The standard InChI is InChI=1S/C10H21NO2S/c1-7(10(6-12)14-3)11-8-4-9(5-8)13-2/h7-12H,4-6H2,1-3H3. The monoisotopic (exact) mass is 219 g/mol. The van der Waals surface area contributed by atoms with Gasteiger partial charge in [-0.1, -0.05) is 0 Å². The minimum absolute atomic E-state index is 0.246. The highest BCUT2D eigenvalue weighted by molar-refractivity contribution is 7.99. The lowest BCUT2D eigenvalue weighted by molar-refractivity contribution is 0.0143. The summed E-state index contributed by atoms with van der Waals surface area (Å²) in [7, 11) is 1.77. The van der Waals surface area contributed by atoms with E-state index < -0.39 is 0 Å². The summed E-state index contributed by atoms with van der Waals surface area (Å²) in [5.74, 6) is 0. The van der Waals surface area contributed by atoms with Crippen molar-refractivity contribution >= 4 is 11.8 Å². The van der Waals surface area contributed by atoms with E-state index in [1.54, 1.807) is 18.9 Å². The van der Waals surface area contributed by atoms with E-state index in [-0.39, 0.29) is 6.61 Å². The Morgan fingerprint density at radius 3 is 2.64 bits per heavy atom. The fourth-order valence-corrected chi connectivity index (χ4v) is 2.45. The molecule has 0 saturated heterocycles. The van der Waals surface area contributed by atoms with Gasteiger partial charge < -0.3 is 15.2 Å². The molecule has 0 bridgehead atoms. The van der Waals surface area contributed by atoms with E-state index >= 15 is 0 Å². The topological polar surface area (TPSA) is 41.5 Å². The van der Waals surface area contributed by atoms with Gasteiger partial charge in [-0.25, -0.2) is 0 Å². The fourth-order valence-electron chi connectivity index (χ4n) is 1.81. The number of hydrogen-bond acceptors (Lipinski definition) is 4. The highest BCUT2D eigenvalue weighted by Gasteiger charge is 2.30. The van der Waals surface area contributed by atoms with Gasteiger partial charge in [0, 0.05) is 24.4 Å². The van der Waals surface area contributed by atoms with Crippen LogP contribution in [-0.4, -0.2) is 48.5 Å². The first kappa shape index (κ1) is 12.3. The second kappa shape index (κ2) is 5.95. The number of ether oxygens (including phenoxy) is 1. The molecule has 0 aromatic carbocycles. The predicted molar refractivity (Wildman–Crippen MR) is 60.8 cm³/mol. The van der Waals surface area contributed by atoms with Crippen LogP contribution in [0.3, 0.4) is 0 Å². The van der Waals surface area contributed by atoms with Gasteiger partial charge in [0.15, 0.2) is 0 Å². The molecule has 1 aliphatic carbocycles. The van der Waals surface area contributed by atoms with Crippen molar-refractivity contribution in [3.63, 3.8) is 0 Å². The molecule has 84 valence electrons.